The van der Waals surface area contributed by atoms with Crippen molar-refractivity contribution in [1.29, 1.82) is 0 Å². The molecule has 4 nitrogen and oxygen atoms in total. The number of unbranched alkanes of at least 4 members (excludes halogenated alkanes) is 5. The molecular formula is C18H25Cl3N2O2. The second kappa shape index (κ2) is 12.4. The van der Waals surface area contributed by atoms with Crippen molar-refractivity contribution in [3.8, 4) is 0 Å². The largest absolute Gasteiger partial charge is 0.461 e. The van der Waals surface area contributed by atoms with Crippen molar-refractivity contribution in [2.75, 3.05) is 12.0 Å². The zero-order chi connectivity index (χ0) is 18.7. The lowest BCUT2D eigenvalue weighted by atomic mass is 10.1. The number of carbonyl (C=O) groups is 1. The number of halogens is 3. The van der Waals surface area contributed by atoms with E-state index in [9.17, 15) is 4.79 Å². The first kappa shape index (κ1) is 22.1. The summed E-state index contributed by atoms with van der Waals surface area (Å²) < 4.78 is 5.27. The summed E-state index contributed by atoms with van der Waals surface area (Å²) in [6.45, 7) is 4.43. The molecule has 0 amide bonds. The van der Waals surface area contributed by atoms with Gasteiger partial charge in [0.05, 0.1) is 22.3 Å². The zero-order valence-corrected chi connectivity index (χ0v) is 17.0. The summed E-state index contributed by atoms with van der Waals surface area (Å²) in [7, 11) is 0. The quantitative estimate of drug-likeness (QED) is 0.191. The average Bonchev–Trinajstić information content (AvgIpc) is 2.56. The molecule has 0 saturated heterocycles. The third kappa shape index (κ3) is 8.30. The van der Waals surface area contributed by atoms with Gasteiger partial charge < -0.3 is 4.74 Å². The minimum atomic E-state index is -0.426. The van der Waals surface area contributed by atoms with E-state index < -0.39 is 5.97 Å². The van der Waals surface area contributed by atoms with E-state index in [1.165, 1.54) is 25.7 Å². The molecule has 7 heteroatoms. The van der Waals surface area contributed by atoms with Gasteiger partial charge in [0.25, 0.3) is 0 Å². The summed E-state index contributed by atoms with van der Waals surface area (Å²) in [5.74, 6) is -0.426. The van der Waals surface area contributed by atoms with Crippen LogP contribution in [0.25, 0.3) is 0 Å². The Morgan fingerprint density at radius 3 is 2.24 bits per heavy atom. The SMILES string of the molecule is CCCCCCCCOC(=O)C(CC)=NNc1c(Cl)cc(Cl)cc1Cl. The molecule has 0 fully saturated rings. The lowest BCUT2D eigenvalue weighted by Gasteiger charge is -2.09. The predicted octanol–water partition coefficient (Wildman–Crippen LogP) is 6.73. The summed E-state index contributed by atoms with van der Waals surface area (Å²) in [6.07, 6.45) is 7.27. The number of hydrogen-bond donors (Lipinski definition) is 1. The van der Waals surface area contributed by atoms with Gasteiger partial charge in [-0.25, -0.2) is 4.79 Å². The minimum Gasteiger partial charge on any atom is -0.461 e. The smallest absolute Gasteiger partial charge is 0.354 e. The van der Waals surface area contributed by atoms with Crippen LogP contribution in [0.15, 0.2) is 17.2 Å². The molecule has 0 unspecified atom stereocenters. The molecule has 1 aromatic carbocycles. The number of nitrogens with zero attached hydrogens (tertiary/aromatic N) is 1. The molecular weight excluding hydrogens is 383 g/mol. The monoisotopic (exact) mass is 406 g/mol. The number of anilines is 1. The van der Waals surface area contributed by atoms with Crippen molar-refractivity contribution in [1.82, 2.24) is 0 Å². The van der Waals surface area contributed by atoms with E-state index in [0.29, 0.717) is 33.8 Å². The molecule has 1 rings (SSSR count). The fourth-order valence-electron chi connectivity index (χ4n) is 2.17. The number of hydrazone groups is 1. The summed E-state index contributed by atoms with van der Waals surface area (Å²) in [5, 5.41) is 5.17. The van der Waals surface area contributed by atoms with Crippen molar-refractivity contribution in [3.05, 3.63) is 27.2 Å². The lowest BCUT2D eigenvalue weighted by molar-refractivity contribution is -0.135. The van der Waals surface area contributed by atoms with Crippen LogP contribution >= 0.6 is 34.8 Å². The predicted molar refractivity (Wildman–Crippen MR) is 107 cm³/mol. The molecule has 0 aliphatic carbocycles. The van der Waals surface area contributed by atoms with Crippen molar-refractivity contribution in [3.63, 3.8) is 0 Å². The fourth-order valence-corrected chi connectivity index (χ4v) is 3.07. The maximum atomic E-state index is 12.1. The standard InChI is InChI=1S/C18H25Cl3N2O2/c1-3-5-6-7-8-9-10-25-18(24)16(4-2)22-23-17-14(20)11-13(19)12-15(17)21/h11-12,23H,3-10H2,1-2H3. The van der Waals surface area contributed by atoms with Gasteiger partial charge in [-0.2, -0.15) is 5.10 Å². The van der Waals surface area contributed by atoms with Gasteiger partial charge in [-0.1, -0.05) is 80.8 Å². The van der Waals surface area contributed by atoms with Gasteiger partial charge in [0, 0.05) is 5.02 Å². The van der Waals surface area contributed by atoms with Gasteiger partial charge in [-0.15, -0.1) is 0 Å². The van der Waals surface area contributed by atoms with Crippen LogP contribution in [0.5, 0.6) is 0 Å². The summed E-state index contributed by atoms with van der Waals surface area (Å²) in [6, 6.07) is 3.10. The molecule has 1 aromatic rings. The van der Waals surface area contributed by atoms with Crippen molar-refractivity contribution < 1.29 is 9.53 Å². The number of hydrogen-bond acceptors (Lipinski definition) is 4. The van der Waals surface area contributed by atoms with E-state index >= 15 is 0 Å². The van der Waals surface area contributed by atoms with Crippen molar-refractivity contribution >= 4 is 52.2 Å². The van der Waals surface area contributed by atoms with Gasteiger partial charge in [0.1, 0.15) is 5.71 Å². The Morgan fingerprint density at radius 2 is 1.64 bits per heavy atom. The van der Waals surface area contributed by atoms with Gasteiger partial charge in [-0.05, 0) is 25.0 Å². The first-order valence-electron chi connectivity index (χ1n) is 8.63. The summed E-state index contributed by atoms with van der Waals surface area (Å²) in [5.41, 5.74) is 3.42. The number of nitrogens with one attached hydrogen (secondary N) is 1. The van der Waals surface area contributed by atoms with Crippen LogP contribution in [0.2, 0.25) is 15.1 Å². The van der Waals surface area contributed by atoms with E-state index in [-0.39, 0.29) is 5.71 Å². The molecule has 0 radical (unpaired) electrons. The van der Waals surface area contributed by atoms with E-state index in [1.54, 1.807) is 12.1 Å². The highest BCUT2D eigenvalue weighted by molar-refractivity contribution is 6.42. The fraction of sp³-hybridized carbons (Fsp3) is 0.556. The first-order valence-corrected chi connectivity index (χ1v) is 9.77. The topological polar surface area (TPSA) is 50.7 Å². The van der Waals surface area contributed by atoms with Crippen LogP contribution in [0, 0.1) is 0 Å². The van der Waals surface area contributed by atoms with Crippen LogP contribution in [0.4, 0.5) is 5.69 Å². The number of carbonyl (C=O) groups excluding carboxylic acids is 1. The van der Waals surface area contributed by atoms with E-state index in [1.807, 2.05) is 6.92 Å². The molecule has 25 heavy (non-hydrogen) atoms. The highest BCUT2D eigenvalue weighted by Crippen LogP contribution is 2.33. The van der Waals surface area contributed by atoms with E-state index in [2.05, 4.69) is 17.5 Å². The second-order valence-corrected chi connectivity index (χ2v) is 6.92. The molecule has 0 aliphatic heterocycles. The Morgan fingerprint density at radius 1 is 1.04 bits per heavy atom. The van der Waals surface area contributed by atoms with Crippen LogP contribution < -0.4 is 5.43 Å². The Kier molecular flexibility index (Phi) is 10.9. The Bertz CT molecular complexity index is 569. The maximum absolute atomic E-state index is 12.1. The van der Waals surface area contributed by atoms with E-state index in [4.69, 9.17) is 39.5 Å². The summed E-state index contributed by atoms with van der Waals surface area (Å²) in [4.78, 5) is 12.1. The van der Waals surface area contributed by atoms with Crippen LogP contribution in [-0.4, -0.2) is 18.3 Å². The third-order valence-electron chi connectivity index (χ3n) is 3.61. The molecule has 1 N–H and O–H groups in total. The van der Waals surface area contributed by atoms with Crippen molar-refractivity contribution in [2.24, 2.45) is 5.10 Å². The number of esters is 1. The lowest BCUT2D eigenvalue weighted by Crippen LogP contribution is -2.19. The second-order valence-electron chi connectivity index (χ2n) is 5.67. The molecule has 0 heterocycles. The van der Waals surface area contributed by atoms with Gasteiger partial charge in [0.15, 0.2) is 0 Å². The minimum absolute atomic E-state index is 0.285. The molecule has 0 spiro atoms. The third-order valence-corrected chi connectivity index (χ3v) is 4.43. The Balaban J connectivity index is 2.49. The maximum Gasteiger partial charge on any atom is 0.354 e. The normalized spacial score (nSPS) is 11.5. The molecule has 0 saturated carbocycles. The number of benzene rings is 1. The average molecular weight is 408 g/mol. The zero-order valence-electron chi connectivity index (χ0n) is 14.7. The molecule has 0 aromatic heterocycles. The highest BCUT2D eigenvalue weighted by atomic mass is 35.5. The molecule has 0 bridgehead atoms. The Labute approximate surface area is 164 Å². The van der Waals surface area contributed by atoms with Crippen LogP contribution in [-0.2, 0) is 9.53 Å². The van der Waals surface area contributed by atoms with Gasteiger partial charge >= 0.3 is 5.97 Å². The van der Waals surface area contributed by atoms with Crippen LogP contribution in [0.1, 0.15) is 58.8 Å². The Hall–Kier alpha value is -0.970. The number of ether oxygens (including phenoxy) is 1. The number of rotatable bonds is 11. The van der Waals surface area contributed by atoms with E-state index in [0.717, 1.165) is 12.8 Å². The molecule has 140 valence electrons. The van der Waals surface area contributed by atoms with Crippen molar-refractivity contribution in [2.45, 2.75) is 58.8 Å². The molecule has 0 aliphatic rings. The van der Waals surface area contributed by atoms with Gasteiger partial charge in [-0.3, -0.25) is 5.43 Å². The van der Waals surface area contributed by atoms with Crippen LogP contribution in [0.3, 0.4) is 0 Å². The highest BCUT2D eigenvalue weighted by Gasteiger charge is 2.13. The summed E-state index contributed by atoms with van der Waals surface area (Å²) >= 11 is 18.0. The molecule has 0 atom stereocenters. The first-order chi connectivity index (χ1) is 12.0. The van der Waals surface area contributed by atoms with Gasteiger partial charge in [0.2, 0.25) is 0 Å².